The van der Waals surface area contributed by atoms with Crippen LogP contribution in [0.2, 0.25) is 5.02 Å². The second-order valence-corrected chi connectivity index (χ2v) is 9.40. The molecule has 12 heteroatoms. The highest BCUT2D eigenvalue weighted by Crippen LogP contribution is 2.36. The van der Waals surface area contributed by atoms with Crippen LogP contribution in [0.3, 0.4) is 0 Å². The molecule has 1 heterocycles. The number of nitrogens with one attached hydrogen (secondary N) is 2. The molecule has 0 saturated carbocycles. The number of alkyl halides is 3. The summed E-state index contributed by atoms with van der Waals surface area (Å²) in [5, 5.41) is 4.71. The van der Waals surface area contributed by atoms with Crippen LogP contribution in [0.4, 0.5) is 24.5 Å². The van der Waals surface area contributed by atoms with E-state index >= 15 is 0 Å². The van der Waals surface area contributed by atoms with Gasteiger partial charge in [-0.15, -0.1) is 0 Å². The SMILES string of the molecule is Cc1ccc(NC(=O)CNc2ccc(Cl)c(C(F)(F)F)c2)cc1S(=O)(=O)N1CCOCC1. The van der Waals surface area contributed by atoms with Crippen LogP contribution in [0.15, 0.2) is 41.3 Å². The Bertz CT molecular complexity index is 1100. The highest BCUT2D eigenvalue weighted by atomic mass is 35.5. The Morgan fingerprint density at radius 2 is 1.78 bits per heavy atom. The first-order valence-electron chi connectivity index (χ1n) is 9.57. The molecule has 2 aromatic carbocycles. The minimum absolute atomic E-state index is 0.0661. The fourth-order valence-corrected chi connectivity index (χ4v) is 5.01. The molecule has 1 fully saturated rings. The molecule has 2 N–H and O–H groups in total. The molecule has 2 aromatic rings. The van der Waals surface area contributed by atoms with E-state index in [1.54, 1.807) is 19.1 Å². The molecule has 0 aliphatic carbocycles. The molecule has 1 aliphatic heterocycles. The van der Waals surface area contributed by atoms with Crippen molar-refractivity contribution >= 4 is 38.9 Å². The summed E-state index contributed by atoms with van der Waals surface area (Å²) in [6.45, 7) is 2.41. The lowest BCUT2D eigenvalue weighted by Gasteiger charge is -2.26. The zero-order valence-corrected chi connectivity index (χ0v) is 18.6. The van der Waals surface area contributed by atoms with Gasteiger partial charge in [0.25, 0.3) is 0 Å². The van der Waals surface area contributed by atoms with Gasteiger partial charge in [0.1, 0.15) is 0 Å². The number of sulfonamides is 1. The quantitative estimate of drug-likeness (QED) is 0.643. The maximum Gasteiger partial charge on any atom is 0.417 e. The standard InChI is InChI=1S/C20H21ClF3N3O4S/c1-13-2-3-15(11-18(13)32(29,30)27-6-8-31-9-7-27)26-19(28)12-25-14-4-5-17(21)16(10-14)20(22,23)24/h2-5,10-11,25H,6-9,12H2,1H3,(H,26,28). The number of rotatable bonds is 6. The van der Waals surface area contributed by atoms with E-state index in [-0.39, 0.29) is 35.9 Å². The summed E-state index contributed by atoms with van der Waals surface area (Å²) in [6.07, 6.45) is -4.62. The molecule has 174 valence electrons. The van der Waals surface area contributed by atoms with Gasteiger partial charge in [-0.3, -0.25) is 4.79 Å². The van der Waals surface area contributed by atoms with Crippen LogP contribution in [0.25, 0.3) is 0 Å². The van der Waals surface area contributed by atoms with Crippen molar-refractivity contribution in [3.8, 4) is 0 Å². The molecule has 0 aromatic heterocycles. The largest absolute Gasteiger partial charge is 0.417 e. The van der Waals surface area contributed by atoms with Crippen LogP contribution in [0.1, 0.15) is 11.1 Å². The number of ether oxygens (including phenoxy) is 1. The average molecular weight is 492 g/mol. The van der Waals surface area contributed by atoms with Crippen LogP contribution in [0, 0.1) is 6.92 Å². The lowest BCUT2D eigenvalue weighted by molar-refractivity contribution is -0.137. The van der Waals surface area contributed by atoms with E-state index in [0.29, 0.717) is 18.8 Å². The maximum absolute atomic E-state index is 13.0. The molecule has 1 amide bonds. The first-order chi connectivity index (χ1) is 15.0. The fraction of sp³-hybridized carbons (Fsp3) is 0.350. The van der Waals surface area contributed by atoms with Crippen molar-refractivity contribution in [2.24, 2.45) is 0 Å². The first kappa shape index (κ1) is 24.3. The van der Waals surface area contributed by atoms with Crippen molar-refractivity contribution in [1.82, 2.24) is 4.31 Å². The summed E-state index contributed by atoms with van der Waals surface area (Å²) in [5.41, 5.74) is -0.174. The normalized spacial score (nSPS) is 15.4. The van der Waals surface area contributed by atoms with Gasteiger partial charge < -0.3 is 15.4 Å². The summed E-state index contributed by atoms with van der Waals surface area (Å²) >= 11 is 5.58. The van der Waals surface area contributed by atoms with Crippen LogP contribution in [0.5, 0.6) is 0 Å². The topological polar surface area (TPSA) is 87.7 Å². The van der Waals surface area contributed by atoms with E-state index in [2.05, 4.69) is 10.6 Å². The van der Waals surface area contributed by atoms with E-state index in [4.69, 9.17) is 16.3 Å². The lowest BCUT2D eigenvalue weighted by atomic mass is 10.2. The second-order valence-electron chi connectivity index (χ2n) is 7.09. The third-order valence-electron chi connectivity index (χ3n) is 4.78. The van der Waals surface area contributed by atoms with Gasteiger partial charge in [-0.05, 0) is 42.8 Å². The zero-order chi connectivity index (χ0) is 23.5. The lowest BCUT2D eigenvalue weighted by Crippen LogP contribution is -2.40. The summed E-state index contributed by atoms with van der Waals surface area (Å²) in [5.74, 6) is -0.563. The van der Waals surface area contributed by atoms with E-state index in [9.17, 15) is 26.4 Å². The molecular weight excluding hydrogens is 471 g/mol. The van der Waals surface area contributed by atoms with E-state index in [1.807, 2.05) is 0 Å². The van der Waals surface area contributed by atoms with Crippen LogP contribution >= 0.6 is 11.6 Å². The predicted octanol–water partition coefficient (Wildman–Crippen LogP) is 3.74. The van der Waals surface area contributed by atoms with Gasteiger partial charge in [0.05, 0.1) is 35.2 Å². The molecule has 1 aliphatic rings. The minimum atomic E-state index is -4.62. The van der Waals surface area contributed by atoms with Crippen molar-refractivity contribution in [1.29, 1.82) is 0 Å². The fourth-order valence-electron chi connectivity index (χ4n) is 3.12. The number of carbonyl (C=O) groups is 1. The Morgan fingerprint density at radius 1 is 1.12 bits per heavy atom. The number of amides is 1. The van der Waals surface area contributed by atoms with Crippen LogP contribution in [-0.4, -0.2) is 51.5 Å². The summed E-state index contributed by atoms with van der Waals surface area (Å²) < 4.78 is 71.3. The van der Waals surface area contributed by atoms with Gasteiger partial charge in [-0.2, -0.15) is 17.5 Å². The number of benzene rings is 2. The molecule has 0 bridgehead atoms. The monoisotopic (exact) mass is 491 g/mol. The molecule has 0 radical (unpaired) electrons. The minimum Gasteiger partial charge on any atom is -0.379 e. The van der Waals surface area contributed by atoms with E-state index in [0.717, 1.165) is 12.1 Å². The van der Waals surface area contributed by atoms with Gasteiger partial charge in [0, 0.05) is 24.5 Å². The van der Waals surface area contributed by atoms with E-state index in [1.165, 1.54) is 16.4 Å². The Kier molecular flexibility index (Phi) is 7.33. The number of carbonyl (C=O) groups excluding carboxylic acids is 1. The zero-order valence-electron chi connectivity index (χ0n) is 17.0. The van der Waals surface area contributed by atoms with Crippen molar-refractivity contribution in [3.63, 3.8) is 0 Å². The summed E-state index contributed by atoms with van der Waals surface area (Å²) in [6, 6.07) is 7.72. The third-order valence-corrected chi connectivity index (χ3v) is 7.15. The number of morpholine rings is 1. The smallest absolute Gasteiger partial charge is 0.379 e. The number of nitrogens with zero attached hydrogens (tertiary/aromatic N) is 1. The highest BCUT2D eigenvalue weighted by Gasteiger charge is 2.33. The summed E-state index contributed by atoms with van der Waals surface area (Å²) in [7, 11) is -3.76. The Labute approximate surface area is 188 Å². The molecular formula is C20H21ClF3N3O4S. The molecule has 32 heavy (non-hydrogen) atoms. The van der Waals surface area contributed by atoms with Gasteiger partial charge >= 0.3 is 6.18 Å². The molecule has 0 spiro atoms. The Morgan fingerprint density at radius 3 is 2.44 bits per heavy atom. The van der Waals surface area contributed by atoms with Crippen LogP contribution in [-0.2, 0) is 25.7 Å². The predicted molar refractivity (Wildman–Crippen MR) is 114 cm³/mol. The number of halogens is 4. The van der Waals surface area contributed by atoms with Crippen molar-refractivity contribution in [2.45, 2.75) is 18.0 Å². The number of aryl methyl sites for hydroxylation is 1. The van der Waals surface area contributed by atoms with Crippen molar-refractivity contribution in [2.75, 3.05) is 43.5 Å². The summed E-state index contributed by atoms with van der Waals surface area (Å²) in [4.78, 5) is 12.4. The number of hydrogen-bond acceptors (Lipinski definition) is 5. The molecule has 7 nitrogen and oxygen atoms in total. The first-order valence-corrected chi connectivity index (χ1v) is 11.4. The third kappa shape index (κ3) is 5.71. The van der Waals surface area contributed by atoms with E-state index < -0.39 is 32.7 Å². The molecule has 0 atom stereocenters. The highest BCUT2D eigenvalue weighted by molar-refractivity contribution is 7.89. The van der Waals surface area contributed by atoms with Gasteiger partial charge in [0.15, 0.2) is 0 Å². The van der Waals surface area contributed by atoms with Crippen molar-refractivity contribution < 1.29 is 31.1 Å². The number of anilines is 2. The van der Waals surface area contributed by atoms with Crippen LogP contribution < -0.4 is 10.6 Å². The second kappa shape index (κ2) is 9.65. The average Bonchev–Trinajstić information content (AvgIpc) is 2.74. The van der Waals surface area contributed by atoms with Crippen molar-refractivity contribution in [3.05, 3.63) is 52.5 Å². The Hall–Kier alpha value is -2.34. The number of hydrogen-bond donors (Lipinski definition) is 2. The van der Waals surface area contributed by atoms with Gasteiger partial charge in [-0.1, -0.05) is 17.7 Å². The molecule has 0 unspecified atom stereocenters. The van der Waals surface area contributed by atoms with Gasteiger partial charge in [-0.25, -0.2) is 8.42 Å². The molecule has 3 rings (SSSR count). The van der Waals surface area contributed by atoms with Gasteiger partial charge in [0.2, 0.25) is 15.9 Å². The Balaban J connectivity index is 1.69. The molecule has 1 saturated heterocycles. The maximum atomic E-state index is 13.0.